The van der Waals surface area contributed by atoms with Crippen molar-refractivity contribution in [3.8, 4) is 0 Å². The Morgan fingerprint density at radius 3 is 0.790 bits per heavy atom. The number of aliphatic carboxylic acids is 2. The van der Waals surface area contributed by atoms with Crippen molar-refractivity contribution >= 4 is 35.6 Å². The van der Waals surface area contributed by atoms with Gasteiger partial charge in [-0.2, -0.15) is 0 Å². The lowest BCUT2D eigenvalue weighted by Crippen LogP contribution is -2.69. The van der Waals surface area contributed by atoms with E-state index in [2.05, 4.69) is 42.7 Å². The van der Waals surface area contributed by atoms with Crippen molar-refractivity contribution in [2.24, 2.45) is 35.5 Å². The highest BCUT2D eigenvalue weighted by atomic mass is 16.4. The number of carboxylic acids is 2. The summed E-state index contributed by atoms with van der Waals surface area (Å²) in [7, 11) is 0. The molecule has 10 N–H and O–H groups in total. The fourth-order valence-electron chi connectivity index (χ4n) is 5.88. The molecule has 2 heterocycles. The largest absolute Gasteiger partial charge is 0.548 e. The molecule has 0 aliphatic carbocycles. The average molecular weight is 873 g/mol. The normalized spacial score (nSPS) is 13.7. The number of hydrogen-bond donors (Lipinski definition) is 6. The Morgan fingerprint density at radius 1 is 0.387 bits per heavy atom. The molecule has 62 heavy (non-hydrogen) atoms. The van der Waals surface area contributed by atoms with E-state index in [-0.39, 0.29) is 48.3 Å². The number of quaternary nitrogens is 2. The minimum atomic E-state index is -1.31. The van der Waals surface area contributed by atoms with Crippen molar-refractivity contribution in [3.63, 3.8) is 0 Å². The molecular formula is C46H80N8O8. The predicted molar refractivity (Wildman–Crippen MR) is 236 cm³/mol. The summed E-state index contributed by atoms with van der Waals surface area (Å²) in [6, 6.07) is 6.84. The molecule has 0 spiro atoms. The molecular weight excluding hydrogens is 793 g/mol. The van der Waals surface area contributed by atoms with E-state index in [4.69, 9.17) is 0 Å². The fourth-order valence-corrected chi connectivity index (χ4v) is 5.88. The average Bonchev–Trinajstić information content (AvgIpc) is 3.17. The fraction of sp³-hybridized carbons (Fsp3) is 0.652. The monoisotopic (exact) mass is 873 g/mol. The van der Waals surface area contributed by atoms with Crippen LogP contribution in [0.25, 0.3) is 0 Å². The zero-order valence-corrected chi connectivity index (χ0v) is 39.5. The van der Waals surface area contributed by atoms with Gasteiger partial charge in [0.05, 0.1) is 24.0 Å². The van der Waals surface area contributed by atoms with Gasteiger partial charge in [-0.05, 0) is 85.5 Å². The van der Waals surface area contributed by atoms with E-state index in [1.165, 1.54) is 0 Å². The molecule has 16 nitrogen and oxygen atoms in total. The maximum atomic E-state index is 12.5. The molecule has 352 valence electrons. The van der Waals surface area contributed by atoms with Gasteiger partial charge >= 0.3 is 0 Å². The lowest BCUT2D eigenvalue weighted by molar-refractivity contribution is -0.407. The van der Waals surface area contributed by atoms with Gasteiger partial charge in [0.25, 0.3) is 11.8 Å². The van der Waals surface area contributed by atoms with Crippen LogP contribution in [0.5, 0.6) is 0 Å². The lowest BCUT2D eigenvalue weighted by atomic mass is 9.99. The highest BCUT2D eigenvalue weighted by molar-refractivity contribution is 5.92. The van der Waals surface area contributed by atoms with Gasteiger partial charge in [-0.1, -0.05) is 95.2 Å². The lowest BCUT2D eigenvalue weighted by Gasteiger charge is -2.26. The molecule has 0 fully saturated rings. The topological polar surface area (TPSA) is 278 Å². The number of amides is 4. The van der Waals surface area contributed by atoms with Crippen LogP contribution in [0.1, 0.15) is 122 Å². The molecule has 0 radical (unpaired) electrons. The Balaban J connectivity index is 0. The summed E-state index contributed by atoms with van der Waals surface area (Å²) in [5.41, 5.74) is 7.70. The molecule has 2 rings (SSSR count). The van der Waals surface area contributed by atoms with E-state index in [1.807, 2.05) is 119 Å². The summed E-state index contributed by atoms with van der Waals surface area (Å²) in [4.78, 5) is 79.7. The quantitative estimate of drug-likeness (QED) is 0.0979. The van der Waals surface area contributed by atoms with Crippen LogP contribution in [0.4, 0.5) is 0 Å². The van der Waals surface area contributed by atoms with Gasteiger partial charge < -0.3 is 52.5 Å². The number of pyridine rings is 2. The van der Waals surface area contributed by atoms with Crippen molar-refractivity contribution in [1.82, 2.24) is 31.2 Å². The number of hydrogen-bond acceptors (Lipinski definition) is 10. The predicted octanol–water partition coefficient (Wildman–Crippen LogP) is 1.07. The molecule has 4 amide bonds. The van der Waals surface area contributed by atoms with Gasteiger partial charge in [0.15, 0.2) is 12.1 Å². The van der Waals surface area contributed by atoms with Gasteiger partial charge in [0.1, 0.15) is 12.1 Å². The number of carbonyl (C=O) groups is 6. The van der Waals surface area contributed by atoms with Crippen LogP contribution in [0.3, 0.4) is 0 Å². The minimum absolute atomic E-state index is 0.0941. The number of rotatable bonds is 22. The Kier molecular flexibility index (Phi) is 32.1. The molecule has 2 aromatic rings. The second kappa shape index (κ2) is 33.6. The second-order valence-electron chi connectivity index (χ2n) is 18.1. The van der Waals surface area contributed by atoms with E-state index in [0.717, 1.165) is 0 Å². The number of carbonyl (C=O) groups excluding carboxylic acids is 6. The third kappa shape index (κ3) is 31.8. The highest BCUT2D eigenvalue weighted by Crippen LogP contribution is 2.11. The number of nitrogens with zero attached hydrogens (tertiary/aromatic N) is 2. The summed E-state index contributed by atoms with van der Waals surface area (Å²) < 4.78 is 0. The summed E-state index contributed by atoms with van der Waals surface area (Å²) >= 11 is 0. The number of aromatic nitrogens is 2. The summed E-state index contributed by atoms with van der Waals surface area (Å²) in [6.07, 6.45) is 9.65. The SMILES string of the molecule is CC(C)C[C@H](NC(=O)[C@H](CC(C)C)NC(=O)[C@@H]([NH3+])CC(C)C)C(=O)[O-].CC(C)C[C@H](NC(=O)[C@H](CC(C)C)NC(=O)[C@@H]([NH3+])CC(C)C)C(=O)[O-].c1ccncc1.c1ccncc1. The molecule has 0 aliphatic rings. The molecule has 0 aliphatic heterocycles. The standard InChI is InChI=1S/2C18H35N3O4.2C5H5N/c2*1-10(2)7-13(19)16(22)20-14(8-11(3)4)17(23)21-15(18(24)25)9-12(5)6;2*1-2-4-6-5-3-1/h2*10-15H,7-9,19H2,1-6H3,(H,20,22)(H,21,23)(H,24,25);2*1-5H/t2*13-,14-,15-;;/m00../s1. The van der Waals surface area contributed by atoms with Crippen molar-refractivity contribution in [2.45, 2.75) is 158 Å². The first-order valence-electron chi connectivity index (χ1n) is 21.9. The molecule has 2 aromatic heterocycles. The van der Waals surface area contributed by atoms with Crippen LogP contribution < -0.4 is 42.9 Å². The smallest absolute Gasteiger partial charge is 0.278 e. The maximum Gasteiger partial charge on any atom is 0.278 e. The first-order chi connectivity index (χ1) is 28.9. The number of carboxylic acid groups (broad SMARTS) is 2. The molecule has 6 atom stereocenters. The van der Waals surface area contributed by atoms with Crippen molar-refractivity contribution < 1.29 is 50.4 Å². The molecule has 16 heteroatoms. The van der Waals surface area contributed by atoms with Crippen molar-refractivity contribution in [3.05, 3.63) is 61.2 Å². The third-order valence-electron chi connectivity index (χ3n) is 8.68. The van der Waals surface area contributed by atoms with Crippen LogP contribution in [0.15, 0.2) is 61.2 Å². The summed E-state index contributed by atoms with van der Waals surface area (Å²) in [6.45, 7) is 23.2. The Labute approximate surface area is 371 Å². The summed E-state index contributed by atoms with van der Waals surface area (Å²) in [5.74, 6) is -3.04. The van der Waals surface area contributed by atoms with Crippen molar-refractivity contribution in [1.29, 1.82) is 0 Å². The van der Waals surface area contributed by atoms with Gasteiger partial charge in [-0.3, -0.25) is 29.1 Å². The molecule has 0 saturated carbocycles. The highest BCUT2D eigenvalue weighted by Gasteiger charge is 2.30. The molecule has 0 bridgehead atoms. The van der Waals surface area contributed by atoms with E-state index >= 15 is 0 Å². The maximum absolute atomic E-state index is 12.5. The zero-order valence-electron chi connectivity index (χ0n) is 39.5. The second-order valence-corrected chi connectivity index (χ2v) is 18.1. The Morgan fingerprint density at radius 2 is 0.613 bits per heavy atom. The molecule has 0 saturated heterocycles. The number of nitrogens with one attached hydrogen (secondary N) is 4. The van der Waals surface area contributed by atoms with Gasteiger partial charge in [-0.25, -0.2) is 0 Å². The first-order valence-corrected chi connectivity index (χ1v) is 21.9. The molecule has 0 aromatic carbocycles. The van der Waals surface area contributed by atoms with Crippen molar-refractivity contribution in [2.75, 3.05) is 0 Å². The van der Waals surface area contributed by atoms with E-state index in [9.17, 15) is 39.0 Å². The molecule has 0 unspecified atom stereocenters. The van der Waals surface area contributed by atoms with Gasteiger partial charge in [0, 0.05) is 37.6 Å². The van der Waals surface area contributed by atoms with E-state index in [1.54, 1.807) is 24.8 Å². The van der Waals surface area contributed by atoms with Crippen LogP contribution in [-0.2, 0) is 28.8 Å². The third-order valence-corrected chi connectivity index (χ3v) is 8.68. The van der Waals surface area contributed by atoms with Gasteiger partial charge in [-0.15, -0.1) is 0 Å². The van der Waals surface area contributed by atoms with Gasteiger partial charge in [0.2, 0.25) is 11.8 Å². The first kappa shape index (κ1) is 59.1. The Bertz CT molecular complexity index is 1360. The van der Waals surface area contributed by atoms with Crippen LogP contribution in [-0.4, -0.2) is 81.8 Å². The van der Waals surface area contributed by atoms with Crippen LogP contribution in [0, 0.1) is 35.5 Å². The minimum Gasteiger partial charge on any atom is -0.548 e. The van der Waals surface area contributed by atoms with E-state index < -0.39 is 60.0 Å². The summed E-state index contributed by atoms with van der Waals surface area (Å²) in [5, 5.41) is 32.9. The zero-order chi connectivity index (χ0) is 47.9. The van der Waals surface area contributed by atoms with Crippen LogP contribution in [0.2, 0.25) is 0 Å². The Hall–Kier alpha value is -4.96. The van der Waals surface area contributed by atoms with Crippen LogP contribution >= 0.6 is 0 Å². The van der Waals surface area contributed by atoms with E-state index in [0.29, 0.717) is 37.5 Å².